The second-order valence-corrected chi connectivity index (χ2v) is 13.3. The molecule has 0 bridgehead atoms. The number of hydrogen-bond acceptors (Lipinski definition) is 4. The maximum Gasteiger partial charge on any atom is 0.244 e. The molecular weight excluding hydrogens is 605 g/mol. The molecule has 7 nitrogen and oxygen atoms in total. The van der Waals surface area contributed by atoms with Crippen molar-refractivity contribution in [3.8, 4) is 0 Å². The number of carbonyl (C=O) groups excluding carboxylic acids is 2. The molecule has 0 aliphatic heterocycles. The Balaban J connectivity index is 1.74. The molecule has 1 N–H and O–H groups in total. The summed E-state index contributed by atoms with van der Waals surface area (Å²) in [5.74, 6) is -0.860. The zero-order valence-electron chi connectivity index (χ0n) is 22.6. The van der Waals surface area contributed by atoms with Crippen LogP contribution in [-0.2, 0) is 32.6 Å². The maximum atomic E-state index is 14.2. The van der Waals surface area contributed by atoms with Crippen LogP contribution in [-0.4, -0.2) is 50.0 Å². The first kappa shape index (κ1) is 31.2. The molecule has 1 atom stereocenters. The Labute approximate surface area is 256 Å². The quantitative estimate of drug-likeness (QED) is 0.275. The number of benzene rings is 3. The van der Waals surface area contributed by atoms with Gasteiger partial charge in [0.2, 0.25) is 21.8 Å². The van der Waals surface area contributed by atoms with Gasteiger partial charge in [0.25, 0.3) is 0 Å². The first-order chi connectivity index (χ1) is 19.5. The second-order valence-electron chi connectivity index (χ2n) is 10.2. The highest BCUT2D eigenvalue weighted by molar-refractivity contribution is 7.92. The smallest absolute Gasteiger partial charge is 0.244 e. The minimum atomic E-state index is -3.92. The number of nitrogens with one attached hydrogen (secondary N) is 1. The van der Waals surface area contributed by atoms with Crippen LogP contribution in [0, 0.1) is 0 Å². The number of halogens is 3. The Kier molecular flexibility index (Phi) is 10.6. The Morgan fingerprint density at radius 3 is 2.17 bits per heavy atom. The fourth-order valence-corrected chi connectivity index (χ4v) is 6.47. The van der Waals surface area contributed by atoms with Gasteiger partial charge in [-0.25, -0.2) is 8.42 Å². The number of sulfonamides is 1. The normalized spacial score (nSPS) is 14.4. The van der Waals surface area contributed by atoms with Crippen LogP contribution in [0.5, 0.6) is 0 Å². The lowest BCUT2D eigenvalue weighted by Crippen LogP contribution is -2.54. The fourth-order valence-electron chi connectivity index (χ4n) is 5.00. The summed E-state index contributed by atoms with van der Waals surface area (Å²) in [6, 6.07) is 19.9. The lowest BCUT2D eigenvalue weighted by molar-refractivity contribution is -0.140. The number of para-hydroxylation sites is 1. The van der Waals surface area contributed by atoms with Gasteiger partial charge in [0.1, 0.15) is 12.6 Å². The molecule has 0 radical (unpaired) electrons. The minimum absolute atomic E-state index is 0.00539. The van der Waals surface area contributed by atoms with E-state index in [9.17, 15) is 18.0 Å². The third kappa shape index (κ3) is 8.38. The van der Waals surface area contributed by atoms with E-state index < -0.39 is 28.5 Å². The van der Waals surface area contributed by atoms with Crippen LogP contribution in [0.3, 0.4) is 0 Å². The van der Waals surface area contributed by atoms with Crippen molar-refractivity contribution in [1.29, 1.82) is 0 Å². The minimum Gasteiger partial charge on any atom is -0.352 e. The Hall–Kier alpha value is -2.78. The second kappa shape index (κ2) is 13.9. The van der Waals surface area contributed by atoms with E-state index in [2.05, 4.69) is 5.32 Å². The predicted octanol–water partition coefficient (Wildman–Crippen LogP) is 6.11. The molecule has 1 aliphatic carbocycles. The summed E-state index contributed by atoms with van der Waals surface area (Å²) < 4.78 is 26.8. The number of hydrogen-bond donors (Lipinski definition) is 1. The van der Waals surface area contributed by atoms with Gasteiger partial charge in [-0.05, 0) is 48.2 Å². The molecule has 218 valence electrons. The van der Waals surface area contributed by atoms with Crippen molar-refractivity contribution >= 4 is 62.3 Å². The highest BCUT2D eigenvalue weighted by Crippen LogP contribution is 2.29. The van der Waals surface area contributed by atoms with Crippen molar-refractivity contribution in [2.45, 2.75) is 50.7 Å². The van der Waals surface area contributed by atoms with Gasteiger partial charge < -0.3 is 10.2 Å². The average Bonchev–Trinajstić information content (AvgIpc) is 3.44. The topological polar surface area (TPSA) is 86.8 Å². The molecule has 11 heteroatoms. The van der Waals surface area contributed by atoms with Gasteiger partial charge >= 0.3 is 0 Å². The van der Waals surface area contributed by atoms with Gasteiger partial charge in [-0.2, -0.15) is 0 Å². The number of rotatable bonds is 11. The van der Waals surface area contributed by atoms with Crippen LogP contribution in [0.2, 0.25) is 15.1 Å². The fraction of sp³-hybridized carbons (Fsp3) is 0.333. The van der Waals surface area contributed by atoms with Gasteiger partial charge in [-0.3, -0.25) is 13.9 Å². The van der Waals surface area contributed by atoms with Crippen LogP contribution < -0.4 is 9.62 Å². The summed E-state index contributed by atoms with van der Waals surface area (Å²) in [5, 5.41) is 3.98. The van der Waals surface area contributed by atoms with Crippen molar-refractivity contribution in [2.24, 2.45) is 0 Å². The molecule has 0 spiro atoms. The van der Waals surface area contributed by atoms with E-state index in [4.69, 9.17) is 34.8 Å². The summed E-state index contributed by atoms with van der Waals surface area (Å²) in [6.07, 6.45) is 5.05. The Morgan fingerprint density at radius 1 is 0.878 bits per heavy atom. The lowest BCUT2D eigenvalue weighted by Gasteiger charge is -2.34. The van der Waals surface area contributed by atoms with Gasteiger partial charge in [-0.15, -0.1) is 0 Å². The molecule has 1 unspecified atom stereocenters. The van der Waals surface area contributed by atoms with Crippen molar-refractivity contribution in [1.82, 2.24) is 10.2 Å². The summed E-state index contributed by atoms with van der Waals surface area (Å²) >= 11 is 18.8. The molecule has 3 aromatic rings. The average molecular weight is 637 g/mol. The van der Waals surface area contributed by atoms with Crippen molar-refractivity contribution < 1.29 is 18.0 Å². The predicted molar refractivity (Wildman–Crippen MR) is 165 cm³/mol. The first-order valence-corrected chi connectivity index (χ1v) is 16.3. The standard InChI is InChI=1S/C30H32Cl3N3O4S/c1-41(39,40)36(27-14-8-7-13-25(27)32)20-29(37)35(19-22-15-16-24(31)26(33)17-22)28(18-21-9-3-2-4-10-21)30(38)34-23-11-5-6-12-23/h2-4,7-10,13-17,23,28H,5-6,11-12,18-20H2,1H3,(H,34,38). The molecule has 1 aliphatic rings. The number of anilines is 1. The lowest BCUT2D eigenvalue weighted by atomic mass is 10.0. The van der Waals surface area contributed by atoms with Gasteiger partial charge in [-0.1, -0.05) is 96.2 Å². The van der Waals surface area contributed by atoms with Crippen LogP contribution in [0.25, 0.3) is 0 Å². The van der Waals surface area contributed by atoms with Gasteiger partial charge in [0.05, 0.1) is 27.0 Å². The van der Waals surface area contributed by atoms with Crippen LogP contribution >= 0.6 is 34.8 Å². The molecule has 1 fully saturated rings. The highest BCUT2D eigenvalue weighted by atomic mass is 35.5. The van der Waals surface area contributed by atoms with Crippen LogP contribution in [0.1, 0.15) is 36.8 Å². The molecule has 1 saturated carbocycles. The van der Waals surface area contributed by atoms with E-state index in [0.717, 1.165) is 41.8 Å². The van der Waals surface area contributed by atoms with E-state index in [1.807, 2.05) is 30.3 Å². The molecular formula is C30H32Cl3N3O4S. The summed E-state index contributed by atoms with van der Waals surface area (Å²) in [5.41, 5.74) is 1.68. The van der Waals surface area contributed by atoms with E-state index in [0.29, 0.717) is 15.6 Å². The number of nitrogens with zero attached hydrogens (tertiary/aromatic N) is 2. The van der Waals surface area contributed by atoms with Crippen molar-refractivity contribution in [2.75, 3.05) is 17.1 Å². The SMILES string of the molecule is CS(=O)(=O)N(CC(=O)N(Cc1ccc(Cl)c(Cl)c1)C(Cc1ccccc1)C(=O)NC1CCCC1)c1ccccc1Cl. The summed E-state index contributed by atoms with van der Waals surface area (Å²) in [4.78, 5) is 29.4. The number of amides is 2. The molecule has 41 heavy (non-hydrogen) atoms. The zero-order chi connectivity index (χ0) is 29.6. The van der Waals surface area contributed by atoms with Crippen LogP contribution in [0.4, 0.5) is 5.69 Å². The molecule has 2 amide bonds. The van der Waals surface area contributed by atoms with Crippen LogP contribution in [0.15, 0.2) is 72.8 Å². The third-order valence-corrected chi connectivity index (χ3v) is 9.30. The highest BCUT2D eigenvalue weighted by Gasteiger charge is 2.34. The monoisotopic (exact) mass is 635 g/mol. The van der Waals surface area contributed by atoms with E-state index in [-0.39, 0.29) is 35.6 Å². The Bertz CT molecular complexity index is 1480. The largest absolute Gasteiger partial charge is 0.352 e. The van der Waals surface area contributed by atoms with Gasteiger partial charge in [0.15, 0.2) is 0 Å². The van der Waals surface area contributed by atoms with Crippen molar-refractivity contribution in [3.05, 3.63) is 99.0 Å². The summed E-state index contributed by atoms with van der Waals surface area (Å²) in [7, 11) is -3.92. The van der Waals surface area contributed by atoms with E-state index >= 15 is 0 Å². The molecule has 3 aromatic carbocycles. The van der Waals surface area contributed by atoms with E-state index in [1.54, 1.807) is 36.4 Å². The Morgan fingerprint density at radius 2 is 1.54 bits per heavy atom. The van der Waals surface area contributed by atoms with Gasteiger partial charge in [0, 0.05) is 19.0 Å². The molecule has 0 saturated heterocycles. The first-order valence-electron chi connectivity index (χ1n) is 13.3. The molecule has 0 aromatic heterocycles. The van der Waals surface area contributed by atoms with E-state index in [1.165, 1.54) is 11.0 Å². The number of carbonyl (C=O) groups is 2. The molecule has 4 rings (SSSR count). The zero-order valence-corrected chi connectivity index (χ0v) is 25.7. The maximum absolute atomic E-state index is 14.2. The molecule has 0 heterocycles. The third-order valence-electron chi connectivity index (χ3n) is 7.11. The van der Waals surface area contributed by atoms with Crippen molar-refractivity contribution in [3.63, 3.8) is 0 Å². The summed E-state index contributed by atoms with van der Waals surface area (Å²) in [6.45, 7) is -0.544.